The predicted molar refractivity (Wildman–Crippen MR) is 69.9 cm³/mol. The standard InChI is InChI=1S/C13H22O2S/c1-9(2)11-5-4-10(3)12(8-11)16-7-6-13(14)15/h10,12H,4-8H2,1-3H3,(H,14,15). The van der Waals surface area contributed by atoms with Crippen molar-refractivity contribution in [3.05, 3.63) is 11.1 Å². The summed E-state index contributed by atoms with van der Waals surface area (Å²) in [5.74, 6) is 0.792. The van der Waals surface area contributed by atoms with E-state index in [1.807, 2.05) is 11.8 Å². The van der Waals surface area contributed by atoms with Gasteiger partial charge in [-0.05, 0) is 39.0 Å². The van der Waals surface area contributed by atoms with Gasteiger partial charge in [0.1, 0.15) is 0 Å². The molecule has 1 aliphatic rings. The molecule has 0 heterocycles. The van der Waals surface area contributed by atoms with E-state index in [0.29, 0.717) is 5.25 Å². The van der Waals surface area contributed by atoms with Gasteiger partial charge in [0, 0.05) is 11.0 Å². The largest absolute Gasteiger partial charge is 0.481 e. The van der Waals surface area contributed by atoms with E-state index in [4.69, 9.17) is 5.11 Å². The fraction of sp³-hybridized carbons (Fsp3) is 0.769. The fourth-order valence-electron chi connectivity index (χ4n) is 2.11. The number of carboxylic acid groups (broad SMARTS) is 1. The molecule has 92 valence electrons. The lowest BCUT2D eigenvalue weighted by Crippen LogP contribution is -2.21. The summed E-state index contributed by atoms with van der Waals surface area (Å²) < 4.78 is 0. The molecule has 2 unspecified atom stereocenters. The normalized spacial score (nSPS) is 25.6. The summed E-state index contributed by atoms with van der Waals surface area (Å²) in [5, 5.41) is 9.25. The molecule has 0 aliphatic heterocycles. The van der Waals surface area contributed by atoms with E-state index in [1.54, 1.807) is 5.57 Å². The van der Waals surface area contributed by atoms with Crippen molar-refractivity contribution in [2.75, 3.05) is 5.75 Å². The molecular weight excluding hydrogens is 220 g/mol. The summed E-state index contributed by atoms with van der Waals surface area (Å²) in [4.78, 5) is 10.5. The minimum absolute atomic E-state index is 0.290. The number of rotatable bonds is 4. The first-order valence-corrected chi connectivity index (χ1v) is 7.04. The molecule has 0 aromatic rings. The molecule has 0 saturated heterocycles. The summed E-state index contributed by atoms with van der Waals surface area (Å²) in [6.45, 7) is 6.66. The van der Waals surface area contributed by atoms with Crippen molar-refractivity contribution in [2.24, 2.45) is 5.92 Å². The summed E-state index contributed by atoms with van der Waals surface area (Å²) in [7, 11) is 0. The van der Waals surface area contributed by atoms with Crippen LogP contribution in [0.4, 0.5) is 0 Å². The number of carboxylic acids is 1. The van der Waals surface area contributed by atoms with Crippen LogP contribution < -0.4 is 0 Å². The van der Waals surface area contributed by atoms with E-state index in [0.717, 1.165) is 18.1 Å². The predicted octanol–water partition coefficient (Wildman–Crippen LogP) is 3.72. The third-order valence-corrected chi connectivity index (χ3v) is 4.84. The molecule has 0 bridgehead atoms. The molecule has 1 aliphatic carbocycles. The second kappa shape index (κ2) is 6.33. The van der Waals surface area contributed by atoms with E-state index in [2.05, 4.69) is 20.8 Å². The van der Waals surface area contributed by atoms with Crippen molar-refractivity contribution in [1.82, 2.24) is 0 Å². The number of allylic oxidation sites excluding steroid dienone is 2. The lowest BCUT2D eigenvalue weighted by atomic mass is 9.85. The minimum Gasteiger partial charge on any atom is -0.481 e. The molecule has 1 rings (SSSR count). The van der Waals surface area contributed by atoms with Crippen molar-refractivity contribution in [2.45, 2.75) is 51.7 Å². The smallest absolute Gasteiger partial charge is 0.304 e. The van der Waals surface area contributed by atoms with Gasteiger partial charge in [-0.25, -0.2) is 0 Å². The van der Waals surface area contributed by atoms with E-state index >= 15 is 0 Å². The fourth-order valence-corrected chi connectivity index (χ4v) is 3.49. The highest BCUT2D eigenvalue weighted by molar-refractivity contribution is 7.99. The van der Waals surface area contributed by atoms with Crippen molar-refractivity contribution in [3.63, 3.8) is 0 Å². The van der Waals surface area contributed by atoms with Crippen LogP contribution in [0.15, 0.2) is 11.1 Å². The van der Waals surface area contributed by atoms with Crippen LogP contribution in [-0.2, 0) is 4.79 Å². The third-order valence-electron chi connectivity index (χ3n) is 3.34. The SMILES string of the molecule is CC(C)=C1CCC(C)C(SCCC(=O)O)C1. The molecule has 2 atom stereocenters. The van der Waals surface area contributed by atoms with Gasteiger partial charge in [0.15, 0.2) is 0 Å². The van der Waals surface area contributed by atoms with Crippen LogP contribution in [0.2, 0.25) is 0 Å². The van der Waals surface area contributed by atoms with Gasteiger partial charge in [-0.15, -0.1) is 0 Å². The van der Waals surface area contributed by atoms with Gasteiger partial charge in [0.05, 0.1) is 6.42 Å². The number of aliphatic carboxylic acids is 1. The molecule has 0 amide bonds. The Labute approximate surface area is 103 Å². The second-order valence-corrected chi connectivity index (χ2v) is 6.22. The molecule has 1 saturated carbocycles. The Kier molecular flexibility index (Phi) is 5.39. The average molecular weight is 242 g/mol. The number of hydrogen-bond acceptors (Lipinski definition) is 2. The van der Waals surface area contributed by atoms with E-state index in [1.165, 1.54) is 18.4 Å². The number of hydrogen-bond donors (Lipinski definition) is 1. The Hall–Kier alpha value is -0.440. The molecule has 0 spiro atoms. The van der Waals surface area contributed by atoms with Gasteiger partial charge in [0.2, 0.25) is 0 Å². The Balaban J connectivity index is 2.44. The Bertz CT molecular complexity index is 280. The molecule has 0 radical (unpaired) electrons. The van der Waals surface area contributed by atoms with Gasteiger partial charge in [-0.1, -0.05) is 18.1 Å². The van der Waals surface area contributed by atoms with Crippen LogP contribution in [0.25, 0.3) is 0 Å². The topological polar surface area (TPSA) is 37.3 Å². The maximum absolute atomic E-state index is 10.5. The van der Waals surface area contributed by atoms with Crippen molar-refractivity contribution in [1.29, 1.82) is 0 Å². The van der Waals surface area contributed by atoms with Crippen molar-refractivity contribution in [3.8, 4) is 0 Å². The van der Waals surface area contributed by atoms with E-state index in [9.17, 15) is 4.79 Å². The summed E-state index contributed by atoms with van der Waals surface area (Å²) in [6.07, 6.45) is 3.94. The van der Waals surface area contributed by atoms with Gasteiger partial charge in [0.25, 0.3) is 0 Å². The Morgan fingerprint density at radius 3 is 2.75 bits per heavy atom. The zero-order chi connectivity index (χ0) is 12.1. The summed E-state index contributed by atoms with van der Waals surface area (Å²) >= 11 is 1.84. The zero-order valence-electron chi connectivity index (χ0n) is 10.5. The van der Waals surface area contributed by atoms with Gasteiger partial charge >= 0.3 is 5.97 Å². The minimum atomic E-state index is -0.682. The Morgan fingerprint density at radius 2 is 2.19 bits per heavy atom. The van der Waals surface area contributed by atoms with E-state index < -0.39 is 5.97 Å². The highest BCUT2D eigenvalue weighted by atomic mass is 32.2. The quantitative estimate of drug-likeness (QED) is 0.763. The van der Waals surface area contributed by atoms with Crippen molar-refractivity contribution >= 4 is 17.7 Å². The van der Waals surface area contributed by atoms with Crippen molar-refractivity contribution < 1.29 is 9.90 Å². The highest BCUT2D eigenvalue weighted by Crippen LogP contribution is 2.37. The molecule has 0 aromatic carbocycles. The monoisotopic (exact) mass is 242 g/mol. The van der Waals surface area contributed by atoms with E-state index in [-0.39, 0.29) is 6.42 Å². The third kappa shape index (κ3) is 4.20. The molecule has 2 nitrogen and oxygen atoms in total. The molecule has 0 aromatic heterocycles. The van der Waals surface area contributed by atoms with Crippen LogP contribution in [0.5, 0.6) is 0 Å². The average Bonchev–Trinajstić information content (AvgIpc) is 2.20. The molecule has 16 heavy (non-hydrogen) atoms. The molecular formula is C13H22O2S. The Morgan fingerprint density at radius 1 is 1.50 bits per heavy atom. The van der Waals surface area contributed by atoms with Crippen LogP contribution in [0, 0.1) is 5.92 Å². The summed E-state index contributed by atoms with van der Waals surface area (Å²) in [6, 6.07) is 0. The van der Waals surface area contributed by atoms with Crippen LogP contribution in [0.3, 0.4) is 0 Å². The van der Waals surface area contributed by atoms with Crippen LogP contribution in [-0.4, -0.2) is 22.1 Å². The molecule has 1 N–H and O–H groups in total. The zero-order valence-corrected chi connectivity index (χ0v) is 11.3. The first-order valence-electron chi connectivity index (χ1n) is 5.99. The second-order valence-electron chi connectivity index (χ2n) is 4.88. The van der Waals surface area contributed by atoms with Crippen LogP contribution >= 0.6 is 11.8 Å². The molecule has 1 fully saturated rings. The number of thioether (sulfide) groups is 1. The lowest BCUT2D eigenvalue weighted by molar-refractivity contribution is -0.136. The molecule has 3 heteroatoms. The number of carbonyl (C=O) groups is 1. The summed E-state index contributed by atoms with van der Waals surface area (Å²) in [5.41, 5.74) is 3.04. The first-order chi connectivity index (χ1) is 7.50. The highest BCUT2D eigenvalue weighted by Gasteiger charge is 2.24. The lowest BCUT2D eigenvalue weighted by Gasteiger charge is -2.31. The van der Waals surface area contributed by atoms with Crippen LogP contribution in [0.1, 0.15) is 46.5 Å². The van der Waals surface area contributed by atoms with Gasteiger partial charge in [-0.2, -0.15) is 11.8 Å². The maximum atomic E-state index is 10.5. The maximum Gasteiger partial charge on any atom is 0.304 e. The van der Waals surface area contributed by atoms with Gasteiger partial charge < -0.3 is 5.11 Å². The van der Waals surface area contributed by atoms with Gasteiger partial charge in [-0.3, -0.25) is 4.79 Å². The first kappa shape index (κ1) is 13.6.